The summed E-state index contributed by atoms with van der Waals surface area (Å²) in [5, 5.41) is 0. The van der Waals surface area contributed by atoms with E-state index in [9.17, 15) is 8.42 Å². The van der Waals surface area contributed by atoms with E-state index >= 15 is 0 Å². The smallest absolute Gasteiger partial charge is 0.211 e. The average Bonchev–Trinajstić information content (AvgIpc) is 2.09. The molecule has 0 saturated carbocycles. The summed E-state index contributed by atoms with van der Waals surface area (Å²) in [5.74, 6) is -0.0223. The molecular formula is C7H7Br2NO2S. The van der Waals surface area contributed by atoms with Crippen LogP contribution in [0, 0.1) is 0 Å². The fourth-order valence-corrected chi connectivity index (χ4v) is 2.12. The SMILES string of the molecule is O=S(=O)(Cc1ccc(Br)cc1)NBr. The van der Waals surface area contributed by atoms with Crippen molar-refractivity contribution in [2.75, 3.05) is 0 Å². The number of benzene rings is 1. The maximum absolute atomic E-state index is 11.1. The van der Waals surface area contributed by atoms with Crippen molar-refractivity contribution in [3.05, 3.63) is 34.3 Å². The minimum Gasteiger partial charge on any atom is -0.211 e. The first-order valence-electron chi connectivity index (χ1n) is 3.38. The molecule has 0 aromatic heterocycles. The number of halogens is 2. The molecule has 0 unspecified atom stereocenters. The minimum absolute atomic E-state index is 0.0223. The molecule has 0 saturated heterocycles. The van der Waals surface area contributed by atoms with Crippen molar-refractivity contribution >= 4 is 42.1 Å². The van der Waals surface area contributed by atoms with E-state index in [1.54, 1.807) is 24.3 Å². The Bertz CT molecular complexity index is 374. The first kappa shape index (κ1) is 11.2. The Kier molecular flexibility index (Phi) is 3.90. The lowest BCUT2D eigenvalue weighted by atomic mass is 10.2. The first-order valence-corrected chi connectivity index (χ1v) is 6.62. The van der Waals surface area contributed by atoms with Crippen molar-refractivity contribution in [3.63, 3.8) is 0 Å². The van der Waals surface area contributed by atoms with Crippen molar-refractivity contribution in [3.8, 4) is 0 Å². The lowest BCUT2D eigenvalue weighted by molar-refractivity contribution is 0.594. The highest BCUT2D eigenvalue weighted by Crippen LogP contribution is 2.12. The molecule has 0 atom stereocenters. The molecule has 0 aliphatic rings. The van der Waals surface area contributed by atoms with Gasteiger partial charge in [-0.05, 0) is 17.7 Å². The Morgan fingerprint density at radius 2 is 1.77 bits per heavy atom. The van der Waals surface area contributed by atoms with Crippen molar-refractivity contribution in [2.24, 2.45) is 0 Å². The molecule has 13 heavy (non-hydrogen) atoms. The fourth-order valence-electron chi connectivity index (χ4n) is 0.827. The van der Waals surface area contributed by atoms with E-state index in [4.69, 9.17) is 0 Å². The van der Waals surface area contributed by atoms with Crippen LogP contribution in [-0.4, -0.2) is 8.42 Å². The summed E-state index contributed by atoms with van der Waals surface area (Å²) < 4.78 is 25.2. The molecule has 72 valence electrons. The van der Waals surface area contributed by atoms with Gasteiger partial charge in [-0.25, -0.2) is 8.42 Å². The number of nitrogens with one attached hydrogen (secondary N) is 1. The third kappa shape index (κ3) is 3.76. The lowest BCUT2D eigenvalue weighted by Gasteiger charge is -2.00. The molecule has 1 rings (SSSR count). The molecule has 0 fully saturated rings. The zero-order valence-electron chi connectivity index (χ0n) is 6.50. The van der Waals surface area contributed by atoms with Gasteiger partial charge in [-0.15, -0.1) is 3.75 Å². The lowest BCUT2D eigenvalue weighted by Crippen LogP contribution is -2.14. The molecule has 1 aromatic carbocycles. The molecule has 1 N–H and O–H groups in total. The summed E-state index contributed by atoms with van der Waals surface area (Å²) in [6.07, 6.45) is 0. The van der Waals surface area contributed by atoms with Gasteiger partial charge in [0.15, 0.2) is 0 Å². The van der Waals surface area contributed by atoms with Gasteiger partial charge in [-0.2, -0.15) is 0 Å². The van der Waals surface area contributed by atoms with Gasteiger partial charge in [0.1, 0.15) is 0 Å². The van der Waals surface area contributed by atoms with Crippen molar-refractivity contribution in [2.45, 2.75) is 5.75 Å². The van der Waals surface area contributed by atoms with Gasteiger partial charge in [0.2, 0.25) is 10.0 Å². The van der Waals surface area contributed by atoms with Crippen molar-refractivity contribution in [1.82, 2.24) is 3.75 Å². The molecule has 0 aliphatic carbocycles. The van der Waals surface area contributed by atoms with Crippen LogP contribution in [0.4, 0.5) is 0 Å². The molecule has 0 bridgehead atoms. The molecule has 1 aromatic rings. The third-order valence-corrected chi connectivity index (χ3v) is 4.34. The molecule has 6 heteroatoms. The van der Waals surface area contributed by atoms with Crippen LogP contribution < -0.4 is 3.75 Å². The number of hydrogen-bond acceptors (Lipinski definition) is 2. The second kappa shape index (κ2) is 4.54. The average molecular weight is 329 g/mol. The van der Waals surface area contributed by atoms with E-state index in [1.165, 1.54) is 0 Å². The second-order valence-corrected chi connectivity index (χ2v) is 6.02. The van der Waals surface area contributed by atoms with Crippen LogP contribution in [0.2, 0.25) is 0 Å². The summed E-state index contributed by atoms with van der Waals surface area (Å²) in [4.78, 5) is 0. The summed E-state index contributed by atoms with van der Waals surface area (Å²) in [6, 6.07) is 7.12. The van der Waals surface area contributed by atoms with Gasteiger partial charge in [-0.3, -0.25) is 0 Å². The summed E-state index contributed by atoms with van der Waals surface area (Å²) in [5.41, 5.74) is 0.746. The summed E-state index contributed by atoms with van der Waals surface area (Å²) >= 11 is 5.96. The predicted octanol–water partition coefficient (Wildman–Crippen LogP) is 2.18. The maximum atomic E-state index is 11.1. The van der Waals surface area contributed by atoms with Crippen LogP contribution in [0.25, 0.3) is 0 Å². The van der Waals surface area contributed by atoms with E-state index in [1.807, 2.05) is 0 Å². The Morgan fingerprint density at radius 1 is 1.23 bits per heavy atom. The number of hydrogen-bond donors (Lipinski definition) is 1. The molecular weight excluding hydrogens is 322 g/mol. The monoisotopic (exact) mass is 327 g/mol. The maximum Gasteiger partial charge on any atom is 0.225 e. The largest absolute Gasteiger partial charge is 0.225 e. The highest BCUT2D eigenvalue weighted by atomic mass is 79.9. The fraction of sp³-hybridized carbons (Fsp3) is 0.143. The van der Waals surface area contributed by atoms with Crippen molar-refractivity contribution in [1.29, 1.82) is 0 Å². The topological polar surface area (TPSA) is 46.2 Å². The minimum atomic E-state index is -3.23. The Hall–Kier alpha value is 0.0900. The highest BCUT2D eigenvalue weighted by Gasteiger charge is 2.08. The molecule has 0 aliphatic heterocycles. The Labute approximate surface area is 94.1 Å². The Morgan fingerprint density at radius 3 is 2.23 bits per heavy atom. The zero-order chi connectivity index (χ0) is 9.90. The molecule has 3 nitrogen and oxygen atoms in total. The van der Waals surface area contributed by atoms with E-state index in [0.717, 1.165) is 10.0 Å². The van der Waals surface area contributed by atoms with Crippen LogP contribution in [0.1, 0.15) is 5.56 Å². The molecule has 0 amide bonds. The van der Waals surface area contributed by atoms with E-state index in [0.29, 0.717) is 0 Å². The first-order chi connectivity index (χ1) is 6.03. The van der Waals surface area contributed by atoms with Gasteiger partial charge < -0.3 is 0 Å². The van der Waals surface area contributed by atoms with Crippen LogP contribution in [0.5, 0.6) is 0 Å². The molecule has 0 radical (unpaired) electrons. The van der Waals surface area contributed by atoms with E-state index in [-0.39, 0.29) is 5.75 Å². The second-order valence-electron chi connectivity index (χ2n) is 2.46. The van der Waals surface area contributed by atoms with Gasteiger partial charge in [0.25, 0.3) is 0 Å². The van der Waals surface area contributed by atoms with E-state index < -0.39 is 10.0 Å². The van der Waals surface area contributed by atoms with Gasteiger partial charge in [0.05, 0.1) is 5.75 Å². The van der Waals surface area contributed by atoms with E-state index in [2.05, 4.69) is 35.8 Å². The van der Waals surface area contributed by atoms with Gasteiger partial charge >= 0.3 is 0 Å². The van der Waals surface area contributed by atoms with Crippen LogP contribution >= 0.6 is 32.1 Å². The van der Waals surface area contributed by atoms with Crippen LogP contribution in [0.15, 0.2) is 28.7 Å². The van der Waals surface area contributed by atoms with Crippen molar-refractivity contribution < 1.29 is 8.42 Å². The van der Waals surface area contributed by atoms with Crippen LogP contribution in [-0.2, 0) is 15.8 Å². The van der Waals surface area contributed by atoms with Gasteiger partial charge in [0, 0.05) is 20.6 Å². The predicted molar refractivity (Wildman–Crippen MR) is 58.8 cm³/mol. The quantitative estimate of drug-likeness (QED) is 0.864. The number of rotatable bonds is 3. The summed E-state index contributed by atoms with van der Waals surface area (Å²) in [7, 11) is -3.23. The molecule has 0 spiro atoms. The van der Waals surface area contributed by atoms with Gasteiger partial charge in [-0.1, -0.05) is 28.1 Å². The Balaban J connectivity index is 2.82. The summed E-state index contributed by atoms with van der Waals surface area (Å²) in [6.45, 7) is 0. The highest BCUT2D eigenvalue weighted by molar-refractivity contribution is 9.10. The third-order valence-electron chi connectivity index (χ3n) is 1.39. The molecule has 0 heterocycles. The van der Waals surface area contributed by atoms with Crippen LogP contribution in [0.3, 0.4) is 0 Å². The standard InChI is InChI=1S/C7H7Br2NO2S/c8-7-3-1-6(2-4-7)5-13(11,12)10-9/h1-4,10H,5H2. The number of sulfonamides is 1. The zero-order valence-corrected chi connectivity index (χ0v) is 10.5. The normalized spacial score (nSPS) is 11.5.